The molecule has 0 aliphatic heterocycles. The summed E-state index contributed by atoms with van der Waals surface area (Å²) in [6.45, 7) is 6.00. The van der Waals surface area contributed by atoms with E-state index in [9.17, 15) is 0 Å². The Labute approximate surface area is 68.5 Å². The molecule has 0 spiro atoms. The molecule has 0 aromatic carbocycles. The SMILES string of the molecule is C=CC1=C(NC)C=CC(C)C1. The molecule has 60 valence electrons. The van der Waals surface area contributed by atoms with Gasteiger partial charge in [0.05, 0.1) is 0 Å². The lowest BCUT2D eigenvalue weighted by atomic mass is 9.94. The van der Waals surface area contributed by atoms with Crippen LogP contribution in [-0.2, 0) is 0 Å². The molecule has 1 heteroatoms. The molecule has 11 heavy (non-hydrogen) atoms. The van der Waals surface area contributed by atoms with Crippen LogP contribution in [0.3, 0.4) is 0 Å². The molecule has 1 atom stereocenters. The molecule has 0 saturated carbocycles. The van der Waals surface area contributed by atoms with E-state index >= 15 is 0 Å². The van der Waals surface area contributed by atoms with Crippen LogP contribution in [0.5, 0.6) is 0 Å². The van der Waals surface area contributed by atoms with Crippen LogP contribution >= 0.6 is 0 Å². The highest BCUT2D eigenvalue weighted by atomic mass is 14.8. The van der Waals surface area contributed by atoms with Gasteiger partial charge in [0.15, 0.2) is 0 Å². The van der Waals surface area contributed by atoms with E-state index in [0.29, 0.717) is 5.92 Å². The zero-order chi connectivity index (χ0) is 8.27. The highest BCUT2D eigenvalue weighted by Gasteiger charge is 2.08. The van der Waals surface area contributed by atoms with Gasteiger partial charge in [0.25, 0.3) is 0 Å². The van der Waals surface area contributed by atoms with Crippen molar-refractivity contribution in [3.63, 3.8) is 0 Å². The standard InChI is InChI=1S/C10H15N/c1-4-9-7-8(2)5-6-10(9)11-3/h4-6,8,11H,1,7H2,2-3H3. The Hall–Kier alpha value is -0.980. The zero-order valence-electron chi connectivity index (χ0n) is 7.22. The summed E-state index contributed by atoms with van der Waals surface area (Å²) >= 11 is 0. The lowest BCUT2D eigenvalue weighted by Gasteiger charge is -2.16. The van der Waals surface area contributed by atoms with Crippen LogP contribution in [0.2, 0.25) is 0 Å². The molecule has 1 unspecified atom stereocenters. The lowest BCUT2D eigenvalue weighted by molar-refractivity contribution is 0.701. The first kappa shape index (κ1) is 8.12. The van der Waals surface area contributed by atoms with Crippen molar-refractivity contribution in [2.45, 2.75) is 13.3 Å². The third-order valence-corrected chi connectivity index (χ3v) is 2.00. The molecule has 0 aromatic heterocycles. The Morgan fingerprint density at radius 2 is 2.45 bits per heavy atom. The van der Waals surface area contributed by atoms with Gasteiger partial charge < -0.3 is 5.32 Å². The first-order valence-electron chi connectivity index (χ1n) is 3.99. The maximum atomic E-state index is 3.79. The Morgan fingerprint density at radius 1 is 1.73 bits per heavy atom. The molecular weight excluding hydrogens is 134 g/mol. The monoisotopic (exact) mass is 149 g/mol. The van der Waals surface area contributed by atoms with Gasteiger partial charge in [0, 0.05) is 12.7 Å². The maximum absolute atomic E-state index is 3.79. The van der Waals surface area contributed by atoms with Crippen molar-refractivity contribution in [3.8, 4) is 0 Å². The van der Waals surface area contributed by atoms with Crippen LogP contribution in [0.1, 0.15) is 13.3 Å². The van der Waals surface area contributed by atoms with Gasteiger partial charge in [-0.15, -0.1) is 0 Å². The minimum absolute atomic E-state index is 0.653. The third-order valence-electron chi connectivity index (χ3n) is 2.00. The average Bonchev–Trinajstić information content (AvgIpc) is 2.04. The Kier molecular flexibility index (Phi) is 2.53. The van der Waals surface area contributed by atoms with E-state index in [1.807, 2.05) is 13.1 Å². The molecule has 0 amide bonds. The van der Waals surface area contributed by atoms with Gasteiger partial charge in [0.2, 0.25) is 0 Å². The van der Waals surface area contributed by atoms with Gasteiger partial charge in [-0.3, -0.25) is 0 Å². The summed E-state index contributed by atoms with van der Waals surface area (Å²) in [6, 6.07) is 0. The lowest BCUT2D eigenvalue weighted by Crippen LogP contribution is -2.11. The molecule has 1 N–H and O–H groups in total. The molecule has 1 aliphatic carbocycles. The highest BCUT2D eigenvalue weighted by Crippen LogP contribution is 2.21. The molecular formula is C10H15N. The number of rotatable bonds is 2. The average molecular weight is 149 g/mol. The van der Waals surface area contributed by atoms with E-state index in [2.05, 4.69) is 31.0 Å². The van der Waals surface area contributed by atoms with Crippen molar-refractivity contribution < 1.29 is 0 Å². The quantitative estimate of drug-likeness (QED) is 0.635. The van der Waals surface area contributed by atoms with Crippen molar-refractivity contribution in [1.82, 2.24) is 5.32 Å². The van der Waals surface area contributed by atoms with E-state index in [-0.39, 0.29) is 0 Å². The summed E-state index contributed by atoms with van der Waals surface area (Å²) in [5.41, 5.74) is 2.53. The number of allylic oxidation sites excluding steroid dienone is 4. The number of hydrogen-bond donors (Lipinski definition) is 1. The molecule has 1 rings (SSSR count). The summed E-state index contributed by atoms with van der Waals surface area (Å²) in [6.07, 6.45) is 7.39. The fourth-order valence-corrected chi connectivity index (χ4v) is 1.33. The predicted octanol–water partition coefficient (Wildman–Crippen LogP) is 2.24. The van der Waals surface area contributed by atoms with Gasteiger partial charge in [-0.25, -0.2) is 0 Å². The van der Waals surface area contributed by atoms with Crippen LogP contribution < -0.4 is 5.32 Å². The van der Waals surface area contributed by atoms with Crippen LogP contribution in [0.4, 0.5) is 0 Å². The Balaban J connectivity index is 2.85. The summed E-state index contributed by atoms with van der Waals surface area (Å²) in [4.78, 5) is 0. The number of nitrogens with one attached hydrogen (secondary N) is 1. The number of hydrogen-bond acceptors (Lipinski definition) is 1. The number of likely N-dealkylation sites (N-methyl/N-ethyl adjacent to an activating group) is 1. The molecule has 0 bridgehead atoms. The predicted molar refractivity (Wildman–Crippen MR) is 49.2 cm³/mol. The topological polar surface area (TPSA) is 12.0 Å². The largest absolute Gasteiger partial charge is 0.388 e. The van der Waals surface area contributed by atoms with Gasteiger partial charge >= 0.3 is 0 Å². The summed E-state index contributed by atoms with van der Waals surface area (Å²) < 4.78 is 0. The van der Waals surface area contributed by atoms with Crippen molar-refractivity contribution in [2.24, 2.45) is 5.92 Å². The van der Waals surface area contributed by atoms with Crippen LogP contribution in [0.25, 0.3) is 0 Å². The maximum Gasteiger partial charge on any atom is 0.0367 e. The van der Waals surface area contributed by atoms with Crippen LogP contribution in [0.15, 0.2) is 36.1 Å². The van der Waals surface area contributed by atoms with Gasteiger partial charge in [0.1, 0.15) is 0 Å². The normalized spacial score (nSPS) is 23.6. The van der Waals surface area contributed by atoms with E-state index in [1.165, 1.54) is 11.3 Å². The van der Waals surface area contributed by atoms with E-state index in [0.717, 1.165) is 6.42 Å². The first-order chi connectivity index (χ1) is 5.27. The summed E-state index contributed by atoms with van der Waals surface area (Å²) in [7, 11) is 1.94. The molecule has 1 aliphatic rings. The van der Waals surface area contributed by atoms with E-state index in [4.69, 9.17) is 0 Å². The molecule has 0 aromatic rings. The second-order valence-corrected chi connectivity index (χ2v) is 2.93. The van der Waals surface area contributed by atoms with Crippen LogP contribution in [-0.4, -0.2) is 7.05 Å². The van der Waals surface area contributed by atoms with E-state index in [1.54, 1.807) is 0 Å². The minimum Gasteiger partial charge on any atom is -0.388 e. The fraction of sp³-hybridized carbons (Fsp3) is 0.400. The minimum atomic E-state index is 0.653. The highest BCUT2D eigenvalue weighted by molar-refractivity contribution is 5.34. The third kappa shape index (κ3) is 1.73. The molecule has 0 fully saturated rings. The Morgan fingerprint density at radius 3 is 3.00 bits per heavy atom. The molecule has 1 nitrogen and oxygen atoms in total. The molecule has 0 radical (unpaired) electrons. The second-order valence-electron chi connectivity index (χ2n) is 2.93. The van der Waals surface area contributed by atoms with Crippen LogP contribution in [0, 0.1) is 5.92 Å². The molecule has 0 saturated heterocycles. The van der Waals surface area contributed by atoms with Gasteiger partial charge in [-0.2, -0.15) is 0 Å². The zero-order valence-corrected chi connectivity index (χ0v) is 7.22. The first-order valence-corrected chi connectivity index (χ1v) is 3.99. The summed E-state index contributed by atoms with van der Waals surface area (Å²) in [5, 5.41) is 3.15. The van der Waals surface area contributed by atoms with Crippen molar-refractivity contribution in [3.05, 3.63) is 36.1 Å². The smallest absolute Gasteiger partial charge is 0.0367 e. The Bertz CT molecular complexity index is 211. The fourth-order valence-electron chi connectivity index (χ4n) is 1.33. The molecule has 0 heterocycles. The van der Waals surface area contributed by atoms with Crippen molar-refractivity contribution >= 4 is 0 Å². The van der Waals surface area contributed by atoms with Gasteiger partial charge in [-0.1, -0.05) is 25.7 Å². The van der Waals surface area contributed by atoms with Crippen molar-refractivity contribution in [1.29, 1.82) is 0 Å². The second kappa shape index (κ2) is 3.42. The van der Waals surface area contributed by atoms with Crippen molar-refractivity contribution in [2.75, 3.05) is 7.05 Å². The van der Waals surface area contributed by atoms with E-state index < -0.39 is 0 Å². The van der Waals surface area contributed by atoms with Gasteiger partial charge in [-0.05, 0) is 24.0 Å². The summed E-state index contributed by atoms with van der Waals surface area (Å²) in [5.74, 6) is 0.653.